The van der Waals surface area contributed by atoms with Gasteiger partial charge in [0.1, 0.15) is 4.88 Å². The van der Waals surface area contributed by atoms with E-state index in [2.05, 4.69) is 17.2 Å². The molecule has 0 atom stereocenters. The highest BCUT2D eigenvalue weighted by atomic mass is 32.1. The molecular formula is C15H19NO2S. The van der Waals surface area contributed by atoms with Crippen LogP contribution in [0.3, 0.4) is 0 Å². The van der Waals surface area contributed by atoms with E-state index in [1.807, 2.05) is 11.4 Å². The highest BCUT2D eigenvalue weighted by Gasteiger charge is 2.18. The first-order valence-corrected chi connectivity index (χ1v) is 7.67. The number of aliphatic hydroxyl groups excluding tert-OH is 1. The van der Waals surface area contributed by atoms with Crippen LogP contribution < -0.4 is 5.32 Å². The van der Waals surface area contributed by atoms with E-state index in [-0.39, 0.29) is 12.5 Å². The largest absolute Gasteiger partial charge is 0.395 e. The maximum atomic E-state index is 12.2. The Morgan fingerprint density at radius 1 is 1.42 bits per heavy atom. The lowest BCUT2D eigenvalue weighted by molar-refractivity contribution is 0.0931. The van der Waals surface area contributed by atoms with Gasteiger partial charge in [-0.1, -0.05) is 31.1 Å². The minimum atomic E-state index is -0.00445. The zero-order valence-corrected chi connectivity index (χ0v) is 11.8. The topological polar surface area (TPSA) is 49.3 Å². The third-order valence-electron chi connectivity index (χ3n) is 3.27. The summed E-state index contributed by atoms with van der Waals surface area (Å²) < 4.78 is 0. The molecule has 1 saturated carbocycles. The molecule has 2 N–H and O–H groups in total. The van der Waals surface area contributed by atoms with E-state index in [0.29, 0.717) is 17.3 Å². The summed E-state index contributed by atoms with van der Waals surface area (Å²) in [4.78, 5) is 12.9. The molecule has 1 aliphatic rings. The summed E-state index contributed by atoms with van der Waals surface area (Å²) in [6.07, 6.45) is 6.31. The van der Waals surface area contributed by atoms with E-state index < -0.39 is 0 Å². The summed E-state index contributed by atoms with van der Waals surface area (Å²) in [6, 6.07) is 2.19. The van der Waals surface area contributed by atoms with Gasteiger partial charge in [0.2, 0.25) is 0 Å². The average Bonchev–Trinajstić information content (AvgIpc) is 2.89. The number of hydrogen-bond donors (Lipinski definition) is 2. The second kappa shape index (κ2) is 7.32. The average molecular weight is 277 g/mol. The number of nitrogens with one attached hydrogen (secondary N) is 1. The van der Waals surface area contributed by atoms with Crippen LogP contribution in [-0.4, -0.2) is 23.7 Å². The van der Waals surface area contributed by atoms with Crippen molar-refractivity contribution in [2.75, 3.05) is 6.61 Å². The molecule has 102 valence electrons. The Morgan fingerprint density at radius 2 is 2.21 bits per heavy atom. The van der Waals surface area contributed by atoms with Crippen molar-refractivity contribution in [2.45, 2.75) is 44.6 Å². The highest BCUT2D eigenvalue weighted by Crippen LogP contribution is 2.20. The summed E-state index contributed by atoms with van der Waals surface area (Å²) in [6.45, 7) is 0.0563. The molecule has 1 fully saturated rings. The molecule has 0 radical (unpaired) electrons. The zero-order valence-electron chi connectivity index (χ0n) is 10.9. The lowest BCUT2D eigenvalue weighted by Crippen LogP contribution is -2.36. The van der Waals surface area contributed by atoms with Crippen LogP contribution in [0, 0.1) is 11.8 Å². The quantitative estimate of drug-likeness (QED) is 0.834. The Kier molecular flexibility index (Phi) is 5.44. The van der Waals surface area contributed by atoms with E-state index in [0.717, 1.165) is 18.4 Å². The molecule has 1 aromatic rings. The molecular weight excluding hydrogens is 258 g/mol. The Labute approximate surface area is 118 Å². The maximum Gasteiger partial charge on any atom is 0.262 e. The molecule has 1 aromatic heterocycles. The van der Waals surface area contributed by atoms with Crippen molar-refractivity contribution in [1.82, 2.24) is 5.32 Å². The van der Waals surface area contributed by atoms with Gasteiger partial charge in [0.25, 0.3) is 5.91 Å². The van der Waals surface area contributed by atoms with Crippen LogP contribution in [0.25, 0.3) is 0 Å². The summed E-state index contributed by atoms with van der Waals surface area (Å²) in [7, 11) is 0. The van der Waals surface area contributed by atoms with E-state index >= 15 is 0 Å². The van der Waals surface area contributed by atoms with Crippen molar-refractivity contribution in [2.24, 2.45) is 0 Å². The molecule has 4 heteroatoms. The standard InChI is InChI=1S/C15H19NO2S/c17-10-5-4-6-12-9-11-19-14(12)15(18)16-13-7-2-1-3-8-13/h9,11,13,17H,1-3,5,7-8,10H2,(H,16,18). The van der Waals surface area contributed by atoms with Crippen molar-refractivity contribution in [3.8, 4) is 11.8 Å². The van der Waals surface area contributed by atoms with Gasteiger partial charge in [0, 0.05) is 18.0 Å². The van der Waals surface area contributed by atoms with Crippen LogP contribution in [-0.2, 0) is 0 Å². The Balaban J connectivity index is 1.99. The second-order valence-corrected chi connectivity index (χ2v) is 5.66. The summed E-state index contributed by atoms with van der Waals surface area (Å²) in [5.74, 6) is 5.81. The molecule has 0 aromatic carbocycles. The molecule has 0 bridgehead atoms. The molecule has 0 aliphatic heterocycles. The third-order valence-corrected chi connectivity index (χ3v) is 4.18. The Morgan fingerprint density at radius 3 is 2.95 bits per heavy atom. The molecule has 0 spiro atoms. The van der Waals surface area contributed by atoms with E-state index in [9.17, 15) is 4.79 Å². The van der Waals surface area contributed by atoms with Gasteiger partial charge in [0.05, 0.1) is 6.61 Å². The molecule has 1 amide bonds. The summed E-state index contributed by atoms with van der Waals surface area (Å²) in [5.41, 5.74) is 0.770. The van der Waals surface area contributed by atoms with Gasteiger partial charge in [-0.05, 0) is 24.3 Å². The van der Waals surface area contributed by atoms with E-state index in [1.54, 1.807) is 0 Å². The monoisotopic (exact) mass is 277 g/mol. The summed E-state index contributed by atoms with van der Waals surface area (Å²) in [5, 5.41) is 13.7. The predicted molar refractivity (Wildman–Crippen MR) is 77.2 cm³/mol. The maximum absolute atomic E-state index is 12.2. The van der Waals surface area contributed by atoms with E-state index in [4.69, 9.17) is 5.11 Å². The number of carbonyl (C=O) groups is 1. The van der Waals surface area contributed by atoms with Gasteiger partial charge < -0.3 is 10.4 Å². The van der Waals surface area contributed by atoms with Crippen LogP contribution in [0.2, 0.25) is 0 Å². The van der Waals surface area contributed by atoms with Gasteiger partial charge in [-0.2, -0.15) is 0 Å². The number of amides is 1. The van der Waals surface area contributed by atoms with Crippen LogP contribution in [0.5, 0.6) is 0 Å². The molecule has 0 saturated heterocycles. The zero-order chi connectivity index (χ0) is 13.5. The minimum absolute atomic E-state index is 0.00445. The fraction of sp³-hybridized carbons (Fsp3) is 0.533. The third kappa shape index (κ3) is 4.09. The van der Waals surface area contributed by atoms with E-state index in [1.165, 1.54) is 30.6 Å². The van der Waals surface area contributed by atoms with Crippen molar-refractivity contribution >= 4 is 17.2 Å². The number of carbonyl (C=O) groups excluding carboxylic acids is 1. The number of hydrogen-bond acceptors (Lipinski definition) is 3. The first kappa shape index (κ1) is 14.1. The Bertz CT molecular complexity index is 478. The van der Waals surface area contributed by atoms with Crippen molar-refractivity contribution in [3.05, 3.63) is 21.9 Å². The van der Waals surface area contributed by atoms with Crippen LogP contribution >= 0.6 is 11.3 Å². The molecule has 2 rings (SSSR count). The van der Waals surface area contributed by atoms with Crippen LogP contribution in [0.15, 0.2) is 11.4 Å². The molecule has 1 aliphatic carbocycles. The first-order valence-electron chi connectivity index (χ1n) is 6.79. The first-order chi connectivity index (χ1) is 9.31. The lowest BCUT2D eigenvalue weighted by Gasteiger charge is -2.22. The fourth-order valence-corrected chi connectivity index (χ4v) is 3.05. The molecule has 1 heterocycles. The predicted octanol–water partition coefficient (Wildman–Crippen LogP) is 2.54. The van der Waals surface area contributed by atoms with Gasteiger partial charge in [-0.25, -0.2) is 0 Å². The molecule has 3 nitrogen and oxygen atoms in total. The summed E-state index contributed by atoms with van der Waals surface area (Å²) >= 11 is 1.43. The second-order valence-electron chi connectivity index (χ2n) is 4.75. The fourth-order valence-electron chi connectivity index (χ4n) is 2.30. The smallest absolute Gasteiger partial charge is 0.262 e. The Hall–Kier alpha value is -1.31. The molecule has 0 unspecified atom stereocenters. The number of rotatable bonds is 3. The van der Waals surface area contributed by atoms with Gasteiger partial charge in [-0.15, -0.1) is 11.3 Å². The van der Waals surface area contributed by atoms with Gasteiger partial charge in [0.15, 0.2) is 0 Å². The number of thiophene rings is 1. The van der Waals surface area contributed by atoms with Crippen molar-refractivity contribution in [1.29, 1.82) is 0 Å². The van der Waals surface area contributed by atoms with Gasteiger partial charge >= 0.3 is 0 Å². The van der Waals surface area contributed by atoms with Crippen molar-refractivity contribution in [3.63, 3.8) is 0 Å². The minimum Gasteiger partial charge on any atom is -0.395 e. The SMILES string of the molecule is O=C(NC1CCCCC1)c1sccc1C#CCCO. The highest BCUT2D eigenvalue weighted by molar-refractivity contribution is 7.12. The lowest BCUT2D eigenvalue weighted by atomic mass is 9.95. The van der Waals surface area contributed by atoms with Gasteiger partial charge in [-0.3, -0.25) is 4.79 Å². The molecule has 19 heavy (non-hydrogen) atoms. The van der Waals surface area contributed by atoms with Crippen LogP contribution in [0.4, 0.5) is 0 Å². The normalized spacial score (nSPS) is 15.6. The number of aliphatic hydroxyl groups is 1. The van der Waals surface area contributed by atoms with Crippen molar-refractivity contribution < 1.29 is 9.90 Å². The van der Waals surface area contributed by atoms with Crippen LogP contribution in [0.1, 0.15) is 53.8 Å².